The predicted molar refractivity (Wildman–Crippen MR) is 78.2 cm³/mol. The number of nitrogens with two attached hydrogens (primary N) is 1. The summed E-state index contributed by atoms with van der Waals surface area (Å²) in [6, 6.07) is 0. The van der Waals surface area contributed by atoms with E-state index in [1.165, 1.54) is 0 Å². The minimum absolute atomic E-state index is 0.0945. The lowest BCUT2D eigenvalue weighted by atomic mass is 9.93. The molecule has 0 radical (unpaired) electrons. The van der Waals surface area contributed by atoms with Crippen LogP contribution in [0.4, 0.5) is 0 Å². The van der Waals surface area contributed by atoms with Crippen molar-refractivity contribution in [1.29, 1.82) is 5.41 Å². The zero-order valence-corrected chi connectivity index (χ0v) is 12.8. The molecule has 0 aromatic carbocycles. The van der Waals surface area contributed by atoms with E-state index < -0.39 is 0 Å². The van der Waals surface area contributed by atoms with Crippen LogP contribution in [0.1, 0.15) is 38.4 Å². The smallest absolute Gasteiger partial charge is 0.107 e. The SMILES string of the molecule is CC(CN(C)Cc1nc(C(C)(C)C)cs1)C(=N)N. The van der Waals surface area contributed by atoms with Crippen LogP contribution >= 0.6 is 11.3 Å². The molecule has 0 aliphatic carbocycles. The van der Waals surface area contributed by atoms with Gasteiger partial charge in [-0.05, 0) is 7.05 Å². The van der Waals surface area contributed by atoms with Crippen molar-refractivity contribution in [2.45, 2.75) is 39.7 Å². The largest absolute Gasteiger partial charge is 0.387 e. The van der Waals surface area contributed by atoms with Gasteiger partial charge in [0.25, 0.3) is 0 Å². The highest BCUT2D eigenvalue weighted by Crippen LogP contribution is 2.24. The summed E-state index contributed by atoms with van der Waals surface area (Å²) in [6.45, 7) is 10.1. The average Bonchev–Trinajstić information content (AvgIpc) is 2.64. The number of amidine groups is 1. The summed E-state index contributed by atoms with van der Waals surface area (Å²) < 4.78 is 0. The van der Waals surface area contributed by atoms with E-state index in [1.54, 1.807) is 11.3 Å². The molecule has 3 N–H and O–H groups in total. The lowest BCUT2D eigenvalue weighted by Crippen LogP contribution is -2.31. The molecule has 18 heavy (non-hydrogen) atoms. The number of nitrogens with zero attached hydrogens (tertiary/aromatic N) is 2. The van der Waals surface area contributed by atoms with Gasteiger partial charge in [0.1, 0.15) is 5.01 Å². The summed E-state index contributed by atoms with van der Waals surface area (Å²) in [7, 11) is 2.04. The highest BCUT2D eigenvalue weighted by Gasteiger charge is 2.18. The van der Waals surface area contributed by atoms with Crippen LogP contribution < -0.4 is 5.73 Å². The van der Waals surface area contributed by atoms with Crippen LogP contribution in [0.5, 0.6) is 0 Å². The molecule has 102 valence electrons. The van der Waals surface area contributed by atoms with Crippen LogP contribution in [-0.4, -0.2) is 29.3 Å². The monoisotopic (exact) mass is 268 g/mol. The number of hydrogen-bond acceptors (Lipinski definition) is 4. The van der Waals surface area contributed by atoms with Crippen molar-refractivity contribution in [3.05, 3.63) is 16.1 Å². The van der Waals surface area contributed by atoms with Crippen molar-refractivity contribution in [2.24, 2.45) is 11.7 Å². The third-order valence-corrected chi connectivity index (χ3v) is 3.68. The maximum absolute atomic E-state index is 7.40. The van der Waals surface area contributed by atoms with Crippen LogP contribution in [0.3, 0.4) is 0 Å². The van der Waals surface area contributed by atoms with Gasteiger partial charge >= 0.3 is 0 Å². The summed E-state index contributed by atoms with van der Waals surface area (Å²) >= 11 is 1.70. The van der Waals surface area contributed by atoms with E-state index in [1.807, 2.05) is 14.0 Å². The molecular formula is C13H24N4S. The Balaban J connectivity index is 2.57. The van der Waals surface area contributed by atoms with E-state index in [0.717, 1.165) is 23.8 Å². The molecule has 0 bridgehead atoms. The first kappa shape index (κ1) is 15.1. The van der Waals surface area contributed by atoms with E-state index >= 15 is 0 Å². The lowest BCUT2D eigenvalue weighted by molar-refractivity contribution is 0.305. The van der Waals surface area contributed by atoms with E-state index in [4.69, 9.17) is 11.1 Å². The van der Waals surface area contributed by atoms with Gasteiger partial charge < -0.3 is 5.73 Å². The summed E-state index contributed by atoms with van der Waals surface area (Å²) in [5, 5.41) is 10.7. The fraction of sp³-hybridized carbons (Fsp3) is 0.692. The molecule has 0 saturated heterocycles. The van der Waals surface area contributed by atoms with Gasteiger partial charge in [0.05, 0.1) is 18.1 Å². The van der Waals surface area contributed by atoms with Crippen LogP contribution in [0.25, 0.3) is 0 Å². The molecule has 1 heterocycles. The Morgan fingerprint density at radius 1 is 1.56 bits per heavy atom. The molecule has 0 aliphatic heterocycles. The van der Waals surface area contributed by atoms with Crippen LogP contribution in [-0.2, 0) is 12.0 Å². The summed E-state index contributed by atoms with van der Waals surface area (Å²) in [4.78, 5) is 6.83. The molecule has 1 atom stereocenters. The van der Waals surface area contributed by atoms with E-state index in [2.05, 4.69) is 36.0 Å². The van der Waals surface area contributed by atoms with Gasteiger partial charge in [0.15, 0.2) is 0 Å². The third-order valence-electron chi connectivity index (χ3n) is 2.84. The maximum Gasteiger partial charge on any atom is 0.107 e. The zero-order chi connectivity index (χ0) is 13.9. The molecule has 0 aliphatic rings. The lowest BCUT2D eigenvalue weighted by Gasteiger charge is -2.19. The Bertz CT molecular complexity index is 405. The second kappa shape index (κ2) is 5.80. The Labute approximate surface area is 114 Å². The summed E-state index contributed by atoms with van der Waals surface area (Å²) in [5.74, 6) is 0.341. The van der Waals surface area contributed by atoms with Crippen LogP contribution in [0.15, 0.2) is 5.38 Å². The van der Waals surface area contributed by atoms with Crippen molar-refractivity contribution in [1.82, 2.24) is 9.88 Å². The molecule has 1 rings (SSSR count). The van der Waals surface area contributed by atoms with Gasteiger partial charge in [-0.25, -0.2) is 4.98 Å². The first-order valence-corrected chi connectivity index (χ1v) is 7.05. The Morgan fingerprint density at radius 2 is 2.17 bits per heavy atom. The van der Waals surface area contributed by atoms with Crippen molar-refractivity contribution < 1.29 is 0 Å². The van der Waals surface area contributed by atoms with Gasteiger partial charge in [0, 0.05) is 23.3 Å². The van der Waals surface area contributed by atoms with Gasteiger partial charge in [-0.2, -0.15) is 0 Å². The minimum Gasteiger partial charge on any atom is -0.387 e. The molecule has 0 amide bonds. The van der Waals surface area contributed by atoms with Gasteiger partial charge in [0.2, 0.25) is 0 Å². The second-order valence-corrected chi connectivity index (χ2v) is 6.87. The standard InChI is InChI=1S/C13H24N4S/c1-9(12(14)15)6-17(5)7-11-16-10(8-18-11)13(2,3)4/h8-9H,6-7H2,1-5H3,(H3,14,15). The molecule has 0 spiro atoms. The van der Waals surface area contributed by atoms with Crippen molar-refractivity contribution in [3.63, 3.8) is 0 Å². The molecule has 1 aromatic rings. The zero-order valence-electron chi connectivity index (χ0n) is 11.9. The van der Waals surface area contributed by atoms with Gasteiger partial charge in [-0.1, -0.05) is 27.7 Å². The van der Waals surface area contributed by atoms with E-state index in [-0.39, 0.29) is 17.2 Å². The number of aromatic nitrogens is 1. The third kappa shape index (κ3) is 4.38. The molecule has 5 heteroatoms. The average molecular weight is 268 g/mol. The predicted octanol–water partition coefficient (Wildman–Crippen LogP) is 2.44. The van der Waals surface area contributed by atoms with Crippen LogP contribution in [0.2, 0.25) is 0 Å². The summed E-state index contributed by atoms with van der Waals surface area (Å²) in [5.41, 5.74) is 6.74. The molecule has 1 aromatic heterocycles. The normalized spacial score (nSPS) is 13.9. The highest BCUT2D eigenvalue weighted by atomic mass is 32.1. The highest BCUT2D eigenvalue weighted by molar-refractivity contribution is 7.09. The van der Waals surface area contributed by atoms with Crippen molar-refractivity contribution in [3.8, 4) is 0 Å². The number of thiazole rings is 1. The fourth-order valence-electron chi connectivity index (χ4n) is 1.59. The van der Waals surface area contributed by atoms with Gasteiger partial charge in [-0.15, -0.1) is 11.3 Å². The first-order valence-electron chi connectivity index (χ1n) is 6.17. The number of nitrogens with one attached hydrogen (secondary N) is 1. The summed E-state index contributed by atoms with van der Waals surface area (Å²) in [6.07, 6.45) is 0. The van der Waals surface area contributed by atoms with E-state index in [9.17, 15) is 0 Å². The molecule has 1 unspecified atom stereocenters. The molecule has 0 fully saturated rings. The Morgan fingerprint density at radius 3 is 2.61 bits per heavy atom. The molecule has 4 nitrogen and oxygen atoms in total. The van der Waals surface area contributed by atoms with E-state index in [0.29, 0.717) is 0 Å². The second-order valence-electron chi connectivity index (χ2n) is 5.93. The Kier molecular flexibility index (Phi) is 4.87. The topological polar surface area (TPSA) is 66.0 Å². The number of hydrogen-bond donors (Lipinski definition) is 2. The first-order chi connectivity index (χ1) is 8.20. The molecular weight excluding hydrogens is 244 g/mol. The van der Waals surface area contributed by atoms with Crippen molar-refractivity contribution >= 4 is 17.2 Å². The minimum atomic E-state index is 0.0945. The maximum atomic E-state index is 7.40. The number of rotatable bonds is 5. The quantitative estimate of drug-likeness (QED) is 0.637. The fourth-order valence-corrected chi connectivity index (χ4v) is 2.69. The van der Waals surface area contributed by atoms with Gasteiger partial charge in [-0.3, -0.25) is 10.3 Å². The molecule has 0 saturated carbocycles. The Hall–Kier alpha value is -0.940. The van der Waals surface area contributed by atoms with Crippen LogP contribution in [0, 0.1) is 11.3 Å². The van der Waals surface area contributed by atoms with Crippen molar-refractivity contribution in [2.75, 3.05) is 13.6 Å².